The van der Waals surface area contributed by atoms with Crippen LogP contribution in [0.2, 0.25) is 0 Å². The summed E-state index contributed by atoms with van der Waals surface area (Å²) in [7, 11) is 3.86. The minimum atomic E-state index is -0.295. The van der Waals surface area contributed by atoms with Gasteiger partial charge in [0.15, 0.2) is 0 Å². The van der Waals surface area contributed by atoms with E-state index in [0.717, 1.165) is 6.54 Å². The summed E-state index contributed by atoms with van der Waals surface area (Å²) in [4.78, 5) is 17.0. The average Bonchev–Trinajstić information content (AvgIpc) is 2.51. The molecule has 1 aromatic rings. The quantitative estimate of drug-likeness (QED) is 0.557. The lowest BCUT2D eigenvalue weighted by molar-refractivity contribution is 0.0941. The molecule has 1 heterocycles. The molecule has 0 saturated carbocycles. The van der Waals surface area contributed by atoms with Crippen molar-refractivity contribution in [2.24, 2.45) is 0 Å². The predicted molar refractivity (Wildman–Crippen MR) is 51.7 cm³/mol. The first-order valence-corrected chi connectivity index (χ1v) is 4.20. The highest BCUT2D eigenvalue weighted by Crippen LogP contribution is 1.91. The second-order valence-corrected chi connectivity index (χ2v) is 3.10. The monoisotopic (exact) mass is 198 g/mol. The molecular formula is C7H14N6O. The molecule has 1 aromatic heterocycles. The molecule has 1 amide bonds. The van der Waals surface area contributed by atoms with Crippen molar-refractivity contribution in [1.29, 1.82) is 0 Å². The van der Waals surface area contributed by atoms with E-state index >= 15 is 0 Å². The minimum Gasteiger partial charge on any atom is -0.366 e. The van der Waals surface area contributed by atoms with E-state index in [1.54, 1.807) is 0 Å². The van der Waals surface area contributed by atoms with Gasteiger partial charge in [-0.3, -0.25) is 9.89 Å². The Hall–Kier alpha value is -1.63. The third-order valence-electron chi connectivity index (χ3n) is 1.56. The highest BCUT2D eigenvalue weighted by molar-refractivity contribution is 5.90. The van der Waals surface area contributed by atoms with Crippen LogP contribution < -0.4 is 11.1 Å². The molecule has 0 radical (unpaired) electrons. The van der Waals surface area contributed by atoms with Crippen molar-refractivity contribution in [3.63, 3.8) is 0 Å². The number of aromatic nitrogens is 3. The Morgan fingerprint density at radius 2 is 2.36 bits per heavy atom. The van der Waals surface area contributed by atoms with Gasteiger partial charge in [0.2, 0.25) is 11.8 Å². The summed E-state index contributed by atoms with van der Waals surface area (Å²) in [5.41, 5.74) is 5.25. The maximum atomic E-state index is 11.3. The van der Waals surface area contributed by atoms with Crippen LogP contribution in [0.1, 0.15) is 10.6 Å². The van der Waals surface area contributed by atoms with E-state index in [4.69, 9.17) is 5.73 Å². The number of hydrogen-bond acceptors (Lipinski definition) is 5. The van der Waals surface area contributed by atoms with Gasteiger partial charge in [-0.15, -0.1) is 5.10 Å². The Balaban J connectivity index is 2.36. The predicted octanol–water partition coefficient (Wildman–Crippen LogP) is -1.32. The van der Waals surface area contributed by atoms with Gasteiger partial charge in [-0.05, 0) is 14.1 Å². The summed E-state index contributed by atoms with van der Waals surface area (Å²) in [6.07, 6.45) is 0. The first kappa shape index (κ1) is 10.5. The van der Waals surface area contributed by atoms with E-state index in [9.17, 15) is 4.79 Å². The fraction of sp³-hybridized carbons (Fsp3) is 0.571. The van der Waals surface area contributed by atoms with Crippen LogP contribution in [-0.4, -0.2) is 53.2 Å². The summed E-state index contributed by atoms with van der Waals surface area (Å²) >= 11 is 0. The van der Waals surface area contributed by atoms with Gasteiger partial charge in [0.25, 0.3) is 5.91 Å². The summed E-state index contributed by atoms with van der Waals surface area (Å²) < 4.78 is 0. The molecular weight excluding hydrogens is 184 g/mol. The van der Waals surface area contributed by atoms with Crippen LogP contribution in [0.15, 0.2) is 0 Å². The van der Waals surface area contributed by atoms with Gasteiger partial charge in [0.1, 0.15) is 0 Å². The van der Waals surface area contributed by atoms with Gasteiger partial charge < -0.3 is 16.0 Å². The van der Waals surface area contributed by atoms with Gasteiger partial charge in [-0.2, -0.15) is 4.98 Å². The number of H-pyrrole nitrogens is 1. The molecule has 4 N–H and O–H groups in total. The standard InChI is InChI=1S/C7H14N6O/c1-13(2)4-3-9-6(14)5-10-7(8)12-11-5/h3-4H2,1-2H3,(H,9,14)(H3,8,10,11,12). The molecule has 0 saturated heterocycles. The van der Waals surface area contributed by atoms with Crippen molar-refractivity contribution in [2.45, 2.75) is 0 Å². The number of nitrogens with one attached hydrogen (secondary N) is 2. The van der Waals surface area contributed by atoms with Crippen LogP contribution in [0, 0.1) is 0 Å². The molecule has 0 aliphatic heterocycles. The molecule has 0 fully saturated rings. The van der Waals surface area contributed by atoms with Crippen molar-refractivity contribution in [1.82, 2.24) is 25.4 Å². The number of amides is 1. The first-order valence-electron chi connectivity index (χ1n) is 4.20. The molecule has 1 rings (SSSR count). The molecule has 78 valence electrons. The average molecular weight is 198 g/mol. The number of aromatic amines is 1. The van der Waals surface area contributed by atoms with Crippen molar-refractivity contribution in [2.75, 3.05) is 32.9 Å². The fourth-order valence-corrected chi connectivity index (χ4v) is 0.853. The Morgan fingerprint density at radius 1 is 1.64 bits per heavy atom. The maximum absolute atomic E-state index is 11.3. The second kappa shape index (κ2) is 4.56. The Kier molecular flexibility index (Phi) is 3.41. The second-order valence-electron chi connectivity index (χ2n) is 3.10. The van der Waals surface area contributed by atoms with E-state index < -0.39 is 0 Å². The van der Waals surface area contributed by atoms with E-state index in [1.807, 2.05) is 19.0 Å². The lowest BCUT2D eigenvalue weighted by Gasteiger charge is -2.08. The Labute approximate surface area is 81.7 Å². The molecule has 0 atom stereocenters. The van der Waals surface area contributed by atoms with Gasteiger partial charge in [-0.1, -0.05) is 0 Å². The Bertz CT molecular complexity index is 307. The summed E-state index contributed by atoms with van der Waals surface area (Å²) in [5.74, 6) is -0.0833. The van der Waals surface area contributed by atoms with Gasteiger partial charge in [0.05, 0.1) is 0 Å². The van der Waals surface area contributed by atoms with Gasteiger partial charge >= 0.3 is 0 Å². The normalized spacial score (nSPS) is 10.5. The SMILES string of the molecule is CN(C)CCNC(=O)c1nc(N)n[nH]1. The molecule has 14 heavy (non-hydrogen) atoms. The summed E-state index contributed by atoms with van der Waals surface area (Å²) in [5, 5.41) is 8.66. The number of nitrogens with zero attached hydrogens (tertiary/aromatic N) is 3. The number of carbonyl (C=O) groups is 1. The van der Waals surface area contributed by atoms with Crippen LogP contribution in [0.25, 0.3) is 0 Å². The van der Waals surface area contributed by atoms with E-state index in [1.165, 1.54) is 0 Å². The molecule has 7 heteroatoms. The van der Waals surface area contributed by atoms with Crippen LogP contribution in [0.4, 0.5) is 5.95 Å². The third kappa shape index (κ3) is 3.02. The molecule has 7 nitrogen and oxygen atoms in total. The Morgan fingerprint density at radius 3 is 2.86 bits per heavy atom. The van der Waals surface area contributed by atoms with Crippen LogP contribution >= 0.6 is 0 Å². The van der Waals surface area contributed by atoms with Crippen LogP contribution in [0.3, 0.4) is 0 Å². The van der Waals surface area contributed by atoms with Gasteiger partial charge in [0, 0.05) is 13.1 Å². The highest BCUT2D eigenvalue weighted by atomic mass is 16.2. The zero-order chi connectivity index (χ0) is 10.6. The topological polar surface area (TPSA) is 99.9 Å². The first-order chi connectivity index (χ1) is 6.59. The van der Waals surface area contributed by atoms with Crippen molar-refractivity contribution in [3.05, 3.63) is 5.82 Å². The summed E-state index contributed by atoms with van der Waals surface area (Å²) in [6, 6.07) is 0. The fourth-order valence-electron chi connectivity index (χ4n) is 0.853. The molecule has 0 bridgehead atoms. The van der Waals surface area contributed by atoms with Crippen LogP contribution in [0.5, 0.6) is 0 Å². The number of likely N-dealkylation sites (N-methyl/N-ethyl adjacent to an activating group) is 1. The van der Waals surface area contributed by atoms with Crippen LogP contribution in [-0.2, 0) is 0 Å². The zero-order valence-electron chi connectivity index (χ0n) is 8.24. The zero-order valence-corrected chi connectivity index (χ0v) is 8.24. The third-order valence-corrected chi connectivity index (χ3v) is 1.56. The smallest absolute Gasteiger partial charge is 0.288 e. The minimum absolute atomic E-state index is 0.0720. The largest absolute Gasteiger partial charge is 0.366 e. The van der Waals surface area contributed by atoms with E-state index in [2.05, 4.69) is 20.5 Å². The number of nitrogens with two attached hydrogens (primary N) is 1. The number of anilines is 1. The maximum Gasteiger partial charge on any atom is 0.288 e. The molecule has 0 aliphatic rings. The lowest BCUT2D eigenvalue weighted by atomic mass is 10.5. The van der Waals surface area contributed by atoms with E-state index in [-0.39, 0.29) is 17.7 Å². The van der Waals surface area contributed by atoms with Crippen molar-refractivity contribution >= 4 is 11.9 Å². The number of hydrogen-bond donors (Lipinski definition) is 3. The van der Waals surface area contributed by atoms with Gasteiger partial charge in [-0.25, -0.2) is 0 Å². The number of nitrogen functional groups attached to an aromatic ring is 1. The molecule has 0 unspecified atom stereocenters. The molecule has 0 spiro atoms. The summed E-state index contributed by atoms with van der Waals surface area (Å²) in [6.45, 7) is 1.34. The molecule has 0 aromatic carbocycles. The van der Waals surface area contributed by atoms with E-state index in [0.29, 0.717) is 6.54 Å². The lowest BCUT2D eigenvalue weighted by Crippen LogP contribution is -2.31. The molecule has 0 aliphatic carbocycles. The van der Waals surface area contributed by atoms with Crippen molar-refractivity contribution in [3.8, 4) is 0 Å². The highest BCUT2D eigenvalue weighted by Gasteiger charge is 2.09. The number of carbonyl (C=O) groups excluding carboxylic acids is 1. The number of rotatable bonds is 4. The van der Waals surface area contributed by atoms with Crippen molar-refractivity contribution < 1.29 is 4.79 Å².